The van der Waals surface area contributed by atoms with Gasteiger partial charge in [0.1, 0.15) is 0 Å². The zero-order valence-electron chi connectivity index (χ0n) is 8.07. The zero-order chi connectivity index (χ0) is 8.43. The van der Waals surface area contributed by atoms with Gasteiger partial charge in [-0.2, -0.15) is 0 Å². The highest BCUT2D eigenvalue weighted by Crippen LogP contribution is 2.21. The van der Waals surface area contributed by atoms with E-state index in [9.17, 15) is 0 Å². The van der Waals surface area contributed by atoms with Crippen molar-refractivity contribution in [2.45, 2.75) is 6.92 Å². The molecular formula is C9H16Cl2N2. The molecule has 1 aromatic rings. The van der Waals surface area contributed by atoms with Crippen LogP contribution in [0, 0.1) is 6.92 Å². The van der Waals surface area contributed by atoms with Crippen molar-refractivity contribution in [1.29, 1.82) is 0 Å². The van der Waals surface area contributed by atoms with Crippen LogP contribution in [-0.4, -0.2) is 14.1 Å². The second-order valence-electron chi connectivity index (χ2n) is 2.96. The molecule has 0 aromatic heterocycles. The van der Waals surface area contributed by atoms with Crippen molar-refractivity contribution in [1.82, 2.24) is 0 Å². The summed E-state index contributed by atoms with van der Waals surface area (Å²) in [5, 5.41) is 0. The largest absolute Gasteiger partial charge is 0.397 e. The Morgan fingerprint density at radius 3 is 2.08 bits per heavy atom. The van der Waals surface area contributed by atoms with Gasteiger partial charge >= 0.3 is 0 Å². The lowest BCUT2D eigenvalue weighted by molar-refractivity contribution is 1.13. The van der Waals surface area contributed by atoms with Gasteiger partial charge in [-0.3, -0.25) is 0 Å². The third kappa shape index (κ3) is 3.75. The molecule has 4 heteroatoms. The molecule has 0 aliphatic heterocycles. The highest BCUT2D eigenvalue weighted by molar-refractivity contribution is 5.85. The van der Waals surface area contributed by atoms with Crippen molar-refractivity contribution in [3.05, 3.63) is 23.8 Å². The van der Waals surface area contributed by atoms with Crippen molar-refractivity contribution in [2.75, 3.05) is 24.7 Å². The van der Waals surface area contributed by atoms with E-state index in [2.05, 4.69) is 6.07 Å². The molecule has 0 spiro atoms. The number of benzene rings is 1. The van der Waals surface area contributed by atoms with Crippen molar-refractivity contribution in [2.24, 2.45) is 0 Å². The Hall–Kier alpha value is -0.600. The highest BCUT2D eigenvalue weighted by Gasteiger charge is 1.99. The summed E-state index contributed by atoms with van der Waals surface area (Å²) in [5.74, 6) is 0. The van der Waals surface area contributed by atoms with Crippen LogP contribution in [0.1, 0.15) is 5.56 Å². The number of nitrogens with two attached hydrogens (primary N) is 1. The standard InChI is InChI=1S/C9H14N2.2ClH/c1-7-4-5-9(11(2)3)8(10)6-7;;/h4-6H,10H2,1-3H3;2*1H. The smallest absolute Gasteiger partial charge is 0.0594 e. The van der Waals surface area contributed by atoms with Gasteiger partial charge in [-0.25, -0.2) is 0 Å². The monoisotopic (exact) mass is 222 g/mol. The molecule has 2 nitrogen and oxygen atoms in total. The number of nitrogens with zero attached hydrogens (tertiary/aromatic N) is 1. The van der Waals surface area contributed by atoms with Crippen LogP contribution in [0.15, 0.2) is 18.2 Å². The first-order valence-electron chi connectivity index (χ1n) is 3.64. The molecule has 0 bridgehead atoms. The third-order valence-electron chi connectivity index (χ3n) is 1.66. The Bertz CT molecular complexity index is 262. The van der Waals surface area contributed by atoms with Gasteiger partial charge in [0.2, 0.25) is 0 Å². The summed E-state index contributed by atoms with van der Waals surface area (Å²) in [6, 6.07) is 6.08. The van der Waals surface area contributed by atoms with Crippen molar-refractivity contribution in [3.8, 4) is 0 Å². The predicted molar refractivity (Wildman–Crippen MR) is 64.4 cm³/mol. The molecule has 0 unspecified atom stereocenters. The first-order valence-corrected chi connectivity index (χ1v) is 3.64. The van der Waals surface area contributed by atoms with Crippen molar-refractivity contribution >= 4 is 36.2 Å². The Balaban J connectivity index is 0. The number of nitrogen functional groups attached to an aromatic ring is 1. The molecule has 0 saturated carbocycles. The highest BCUT2D eigenvalue weighted by atomic mass is 35.5. The lowest BCUT2D eigenvalue weighted by Gasteiger charge is -2.14. The van der Waals surface area contributed by atoms with Crippen LogP contribution in [-0.2, 0) is 0 Å². The fourth-order valence-electron chi connectivity index (χ4n) is 1.08. The number of rotatable bonds is 1. The summed E-state index contributed by atoms with van der Waals surface area (Å²) >= 11 is 0. The Kier molecular flexibility index (Phi) is 6.82. The number of hydrogen-bond donors (Lipinski definition) is 1. The Morgan fingerprint density at radius 1 is 1.15 bits per heavy atom. The summed E-state index contributed by atoms with van der Waals surface area (Å²) in [7, 11) is 3.97. The molecule has 0 radical (unpaired) electrons. The van der Waals surface area contributed by atoms with E-state index in [1.165, 1.54) is 5.56 Å². The minimum atomic E-state index is 0. The van der Waals surface area contributed by atoms with E-state index in [0.717, 1.165) is 11.4 Å². The molecule has 0 saturated heterocycles. The molecule has 0 aliphatic carbocycles. The number of aryl methyl sites for hydroxylation is 1. The van der Waals surface area contributed by atoms with Crippen LogP contribution in [0.2, 0.25) is 0 Å². The third-order valence-corrected chi connectivity index (χ3v) is 1.66. The van der Waals surface area contributed by atoms with Gasteiger partial charge in [0, 0.05) is 14.1 Å². The fraction of sp³-hybridized carbons (Fsp3) is 0.333. The quantitative estimate of drug-likeness (QED) is 0.741. The first-order chi connectivity index (χ1) is 5.11. The average Bonchev–Trinajstić information content (AvgIpc) is 1.85. The van der Waals surface area contributed by atoms with Crippen LogP contribution in [0.5, 0.6) is 0 Å². The SMILES string of the molecule is Cc1ccc(N(C)C)c(N)c1.Cl.Cl. The van der Waals surface area contributed by atoms with Crippen LogP contribution in [0.25, 0.3) is 0 Å². The molecular weight excluding hydrogens is 207 g/mol. The van der Waals surface area contributed by atoms with E-state index < -0.39 is 0 Å². The molecule has 0 atom stereocenters. The normalized spacial score (nSPS) is 8.23. The maximum atomic E-state index is 5.78. The maximum Gasteiger partial charge on any atom is 0.0594 e. The minimum Gasteiger partial charge on any atom is -0.397 e. The second-order valence-corrected chi connectivity index (χ2v) is 2.96. The van der Waals surface area contributed by atoms with Crippen molar-refractivity contribution in [3.63, 3.8) is 0 Å². The van der Waals surface area contributed by atoms with Gasteiger partial charge < -0.3 is 10.6 Å². The number of halogens is 2. The van der Waals surface area contributed by atoms with Gasteiger partial charge in [-0.15, -0.1) is 24.8 Å². The van der Waals surface area contributed by atoms with Crippen LogP contribution in [0.3, 0.4) is 0 Å². The Labute approximate surface area is 91.9 Å². The van der Waals surface area contributed by atoms with Crippen LogP contribution >= 0.6 is 24.8 Å². The zero-order valence-corrected chi connectivity index (χ0v) is 9.71. The summed E-state index contributed by atoms with van der Waals surface area (Å²) in [6.07, 6.45) is 0. The van der Waals surface area contributed by atoms with E-state index in [4.69, 9.17) is 5.73 Å². The molecule has 0 heterocycles. The molecule has 0 amide bonds. The van der Waals surface area contributed by atoms with Gasteiger partial charge in [-0.1, -0.05) is 6.07 Å². The van der Waals surface area contributed by atoms with Crippen LogP contribution in [0.4, 0.5) is 11.4 Å². The van der Waals surface area contributed by atoms with Crippen LogP contribution < -0.4 is 10.6 Å². The molecule has 0 aliphatic rings. The molecule has 2 N–H and O–H groups in total. The van der Waals surface area contributed by atoms with Crippen molar-refractivity contribution < 1.29 is 0 Å². The lowest BCUT2D eigenvalue weighted by Crippen LogP contribution is -2.10. The summed E-state index contributed by atoms with van der Waals surface area (Å²) in [4.78, 5) is 2.01. The topological polar surface area (TPSA) is 29.3 Å². The molecule has 1 rings (SSSR count). The number of hydrogen-bond acceptors (Lipinski definition) is 2. The lowest BCUT2D eigenvalue weighted by atomic mass is 10.2. The number of anilines is 2. The fourth-order valence-corrected chi connectivity index (χ4v) is 1.08. The molecule has 13 heavy (non-hydrogen) atoms. The predicted octanol–water partition coefficient (Wildman–Crippen LogP) is 2.49. The average molecular weight is 223 g/mol. The Morgan fingerprint density at radius 2 is 1.69 bits per heavy atom. The summed E-state index contributed by atoms with van der Waals surface area (Å²) in [5.41, 5.74) is 8.90. The van der Waals surface area contributed by atoms with Gasteiger partial charge in [0.15, 0.2) is 0 Å². The van der Waals surface area contributed by atoms with E-state index in [1.807, 2.05) is 38.1 Å². The van der Waals surface area contributed by atoms with E-state index in [-0.39, 0.29) is 24.8 Å². The maximum absolute atomic E-state index is 5.78. The van der Waals surface area contributed by atoms with E-state index in [1.54, 1.807) is 0 Å². The first kappa shape index (κ1) is 14.9. The molecule has 1 aromatic carbocycles. The minimum absolute atomic E-state index is 0. The van der Waals surface area contributed by atoms with Gasteiger partial charge in [-0.05, 0) is 24.6 Å². The van der Waals surface area contributed by atoms with E-state index >= 15 is 0 Å². The summed E-state index contributed by atoms with van der Waals surface area (Å²) < 4.78 is 0. The second kappa shape index (κ2) is 5.95. The van der Waals surface area contributed by atoms with Gasteiger partial charge in [0.05, 0.1) is 11.4 Å². The molecule has 76 valence electrons. The van der Waals surface area contributed by atoms with Gasteiger partial charge in [0.25, 0.3) is 0 Å². The van der Waals surface area contributed by atoms with E-state index in [0.29, 0.717) is 0 Å². The summed E-state index contributed by atoms with van der Waals surface area (Å²) in [6.45, 7) is 2.04. The molecule has 0 fully saturated rings.